The molecule has 0 aliphatic heterocycles. The molecule has 3 aromatic rings. The Kier molecular flexibility index (Phi) is 5.22. The van der Waals surface area contributed by atoms with Crippen LogP contribution in [0.15, 0.2) is 48.7 Å². The molecule has 1 heterocycles. The number of hydrogen-bond acceptors (Lipinski definition) is 2. The highest BCUT2D eigenvalue weighted by molar-refractivity contribution is 5.96. The fourth-order valence-electron chi connectivity index (χ4n) is 2.87. The second-order valence-corrected chi connectivity index (χ2v) is 6.46. The van der Waals surface area contributed by atoms with E-state index in [9.17, 15) is 22.4 Å². The zero-order valence-electron chi connectivity index (χ0n) is 15.1. The number of amides is 1. The van der Waals surface area contributed by atoms with Crippen LogP contribution in [-0.2, 0) is 24.4 Å². The molecule has 2 aromatic carbocycles. The predicted octanol–water partition coefficient (Wildman–Crippen LogP) is 4.73. The van der Waals surface area contributed by atoms with Crippen molar-refractivity contribution in [1.29, 1.82) is 0 Å². The number of nitrogens with one attached hydrogen (secondary N) is 1. The molecule has 1 N–H and O–H groups in total. The Hall–Kier alpha value is -3.16. The third-order valence-electron chi connectivity index (χ3n) is 4.14. The zero-order chi connectivity index (χ0) is 20.5. The van der Waals surface area contributed by atoms with Crippen molar-refractivity contribution in [2.75, 3.05) is 5.32 Å². The van der Waals surface area contributed by atoms with E-state index in [1.165, 1.54) is 25.2 Å². The van der Waals surface area contributed by atoms with E-state index in [1.54, 1.807) is 12.1 Å². The van der Waals surface area contributed by atoms with Gasteiger partial charge in [-0.3, -0.25) is 9.48 Å². The Bertz CT molecular complexity index is 1010. The molecule has 0 unspecified atom stereocenters. The minimum atomic E-state index is -4.65. The highest BCUT2D eigenvalue weighted by Crippen LogP contribution is 2.32. The van der Waals surface area contributed by atoms with Gasteiger partial charge in [0.2, 0.25) is 5.91 Å². The summed E-state index contributed by atoms with van der Waals surface area (Å²) in [5.74, 6) is -1.14. The van der Waals surface area contributed by atoms with Crippen LogP contribution in [0.4, 0.5) is 23.2 Å². The number of halogens is 4. The monoisotopic (exact) mass is 391 g/mol. The maximum absolute atomic E-state index is 13.7. The summed E-state index contributed by atoms with van der Waals surface area (Å²) in [5.41, 5.74) is 1.12. The van der Waals surface area contributed by atoms with Crippen molar-refractivity contribution >= 4 is 11.6 Å². The van der Waals surface area contributed by atoms with Gasteiger partial charge >= 0.3 is 6.18 Å². The number of aromatic nitrogens is 2. The molecule has 1 amide bonds. The summed E-state index contributed by atoms with van der Waals surface area (Å²) >= 11 is 0. The van der Waals surface area contributed by atoms with Crippen LogP contribution in [0.3, 0.4) is 0 Å². The average molecular weight is 391 g/mol. The average Bonchev–Trinajstić information content (AvgIpc) is 2.98. The van der Waals surface area contributed by atoms with Crippen LogP contribution in [-0.4, -0.2) is 15.7 Å². The third kappa shape index (κ3) is 4.39. The van der Waals surface area contributed by atoms with Gasteiger partial charge in [0.1, 0.15) is 5.82 Å². The zero-order valence-corrected chi connectivity index (χ0v) is 15.1. The molecule has 0 bridgehead atoms. The number of carbonyl (C=O) groups is 1. The Morgan fingerprint density at radius 3 is 2.46 bits per heavy atom. The van der Waals surface area contributed by atoms with Crippen LogP contribution in [0.1, 0.15) is 16.8 Å². The summed E-state index contributed by atoms with van der Waals surface area (Å²) in [6.45, 7) is 1.91. The van der Waals surface area contributed by atoms with E-state index in [0.29, 0.717) is 16.8 Å². The number of carbonyl (C=O) groups excluding carboxylic acids is 1. The van der Waals surface area contributed by atoms with Crippen LogP contribution in [0.5, 0.6) is 0 Å². The molecule has 0 radical (unpaired) electrons. The van der Waals surface area contributed by atoms with Gasteiger partial charge < -0.3 is 5.32 Å². The molecule has 0 atom stereocenters. The van der Waals surface area contributed by atoms with Gasteiger partial charge in [-0.25, -0.2) is 4.39 Å². The minimum Gasteiger partial charge on any atom is -0.325 e. The summed E-state index contributed by atoms with van der Waals surface area (Å²) in [7, 11) is 1.35. The number of rotatable bonds is 4. The maximum atomic E-state index is 13.7. The number of hydrogen-bond donors (Lipinski definition) is 1. The fraction of sp³-hybridized carbons (Fsp3) is 0.200. The van der Waals surface area contributed by atoms with Gasteiger partial charge in [-0.2, -0.15) is 18.3 Å². The molecule has 0 aliphatic carbocycles. The minimum absolute atomic E-state index is 0.230. The van der Waals surface area contributed by atoms with Gasteiger partial charge in [0.25, 0.3) is 0 Å². The van der Waals surface area contributed by atoms with Crippen LogP contribution in [0, 0.1) is 12.7 Å². The van der Waals surface area contributed by atoms with Crippen molar-refractivity contribution in [1.82, 2.24) is 9.78 Å². The molecule has 8 heteroatoms. The van der Waals surface area contributed by atoms with Crippen LogP contribution < -0.4 is 5.32 Å². The summed E-state index contributed by atoms with van der Waals surface area (Å²) in [6.07, 6.45) is -4.00. The van der Waals surface area contributed by atoms with Gasteiger partial charge in [0.05, 0.1) is 6.42 Å². The van der Waals surface area contributed by atoms with Crippen molar-refractivity contribution in [2.24, 2.45) is 7.05 Å². The largest absolute Gasteiger partial charge is 0.435 e. The van der Waals surface area contributed by atoms with Crippen LogP contribution in [0.2, 0.25) is 0 Å². The first-order valence-electron chi connectivity index (χ1n) is 8.39. The van der Waals surface area contributed by atoms with E-state index in [4.69, 9.17) is 0 Å². The molecular formula is C20H17F4N3O. The van der Waals surface area contributed by atoms with Gasteiger partial charge in [-0.1, -0.05) is 29.8 Å². The van der Waals surface area contributed by atoms with E-state index in [0.717, 1.165) is 16.4 Å². The Morgan fingerprint density at radius 2 is 1.82 bits per heavy atom. The fourth-order valence-corrected chi connectivity index (χ4v) is 2.87. The van der Waals surface area contributed by atoms with Gasteiger partial charge in [-0.15, -0.1) is 0 Å². The summed E-state index contributed by atoms with van der Waals surface area (Å²) < 4.78 is 53.9. The molecule has 0 saturated carbocycles. The smallest absolute Gasteiger partial charge is 0.325 e. The van der Waals surface area contributed by atoms with E-state index >= 15 is 0 Å². The highest BCUT2D eigenvalue weighted by atomic mass is 19.4. The highest BCUT2D eigenvalue weighted by Gasteiger charge is 2.37. The van der Waals surface area contributed by atoms with Crippen molar-refractivity contribution in [3.05, 3.63) is 71.3 Å². The molecule has 0 fully saturated rings. The normalized spacial score (nSPS) is 11.5. The lowest BCUT2D eigenvalue weighted by molar-refractivity contribution is -0.142. The summed E-state index contributed by atoms with van der Waals surface area (Å²) in [5, 5.41) is 5.97. The Morgan fingerprint density at radius 1 is 1.14 bits per heavy atom. The molecule has 0 spiro atoms. The predicted molar refractivity (Wildman–Crippen MR) is 97.1 cm³/mol. The lowest BCUT2D eigenvalue weighted by Gasteiger charge is -2.12. The second-order valence-electron chi connectivity index (χ2n) is 6.46. The van der Waals surface area contributed by atoms with Gasteiger partial charge in [-0.05, 0) is 30.7 Å². The van der Waals surface area contributed by atoms with E-state index in [-0.39, 0.29) is 5.56 Å². The molecule has 3 rings (SSSR count). The van der Waals surface area contributed by atoms with E-state index in [2.05, 4.69) is 10.4 Å². The molecule has 0 aliphatic rings. The molecule has 28 heavy (non-hydrogen) atoms. The number of aryl methyl sites for hydroxylation is 2. The first kappa shape index (κ1) is 19.6. The number of benzene rings is 2. The summed E-state index contributed by atoms with van der Waals surface area (Å²) in [4.78, 5) is 12.4. The SMILES string of the molecule is Cc1ccc(-c2cc(F)ccc2NC(=O)Cc2cn(C)nc2C(F)(F)F)cc1. The van der Waals surface area contributed by atoms with Crippen molar-refractivity contribution in [3.63, 3.8) is 0 Å². The van der Waals surface area contributed by atoms with Crippen molar-refractivity contribution < 1.29 is 22.4 Å². The number of nitrogens with zero attached hydrogens (tertiary/aromatic N) is 2. The third-order valence-corrected chi connectivity index (χ3v) is 4.14. The second kappa shape index (κ2) is 7.46. The van der Waals surface area contributed by atoms with Gasteiger partial charge in [0, 0.05) is 30.1 Å². The lowest BCUT2D eigenvalue weighted by atomic mass is 10.0. The van der Waals surface area contributed by atoms with Gasteiger partial charge in [0.15, 0.2) is 5.69 Å². The lowest BCUT2D eigenvalue weighted by Crippen LogP contribution is -2.18. The Labute approximate surface area is 158 Å². The first-order valence-corrected chi connectivity index (χ1v) is 8.39. The number of alkyl halides is 3. The first-order chi connectivity index (χ1) is 13.1. The number of anilines is 1. The topological polar surface area (TPSA) is 46.9 Å². The maximum Gasteiger partial charge on any atom is 0.435 e. The Balaban J connectivity index is 1.87. The van der Waals surface area contributed by atoms with Crippen molar-refractivity contribution in [3.8, 4) is 11.1 Å². The molecule has 4 nitrogen and oxygen atoms in total. The quantitative estimate of drug-likeness (QED) is 0.654. The molecule has 0 saturated heterocycles. The van der Waals surface area contributed by atoms with E-state index < -0.39 is 30.0 Å². The van der Waals surface area contributed by atoms with Crippen LogP contribution >= 0.6 is 0 Å². The molecule has 1 aromatic heterocycles. The molecule has 146 valence electrons. The van der Waals surface area contributed by atoms with Crippen molar-refractivity contribution in [2.45, 2.75) is 19.5 Å². The van der Waals surface area contributed by atoms with Crippen LogP contribution in [0.25, 0.3) is 11.1 Å². The van der Waals surface area contributed by atoms with E-state index in [1.807, 2.05) is 19.1 Å². The standard InChI is InChI=1S/C20H17F4N3O/c1-12-3-5-13(6-4-12)16-10-15(21)7-8-17(16)25-18(28)9-14-11-27(2)26-19(14)20(22,23)24/h3-8,10-11H,9H2,1-2H3,(H,25,28). The molecular weight excluding hydrogens is 374 g/mol. The summed E-state index contributed by atoms with van der Waals surface area (Å²) in [6, 6.07) is 11.1.